The predicted molar refractivity (Wildman–Crippen MR) is 73.5 cm³/mol. The van der Waals surface area contributed by atoms with Crippen LogP contribution < -0.4 is 10.6 Å². The number of amides is 1. The second-order valence-electron chi connectivity index (χ2n) is 4.29. The molecule has 0 aliphatic carbocycles. The highest BCUT2D eigenvalue weighted by molar-refractivity contribution is 6.04. The fourth-order valence-electron chi connectivity index (χ4n) is 1.84. The van der Waals surface area contributed by atoms with E-state index in [0.717, 1.165) is 11.6 Å². The van der Waals surface area contributed by atoms with Crippen LogP contribution in [0, 0.1) is 11.6 Å². The van der Waals surface area contributed by atoms with Gasteiger partial charge in [-0.2, -0.15) is 0 Å². The standard InChI is InChI=1S/C15H14F2N2O/c1-18-9-10-4-2-5-11(8-10)19-15(20)12-6-3-7-13(16)14(12)17/h2-8,18H,9H2,1H3,(H,19,20). The van der Waals surface area contributed by atoms with Gasteiger partial charge in [-0.25, -0.2) is 8.78 Å². The zero-order valence-corrected chi connectivity index (χ0v) is 10.9. The summed E-state index contributed by atoms with van der Waals surface area (Å²) >= 11 is 0. The van der Waals surface area contributed by atoms with Crippen molar-refractivity contribution in [2.75, 3.05) is 12.4 Å². The van der Waals surface area contributed by atoms with Crippen molar-refractivity contribution in [1.29, 1.82) is 0 Å². The molecule has 0 atom stereocenters. The van der Waals surface area contributed by atoms with Crippen molar-refractivity contribution >= 4 is 11.6 Å². The van der Waals surface area contributed by atoms with E-state index < -0.39 is 17.5 Å². The molecule has 0 radical (unpaired) electrons. The van der Waals surface area contributed by atoms with Crippen molar-refractivity contribution in [2.24, 2.45) is 0 Å². The Hall–Kier alpha value is -2.27. The van der Waals surface area contributed by atoms with Crippen LogP contribution >= 0.6 is 0 Å². The van der Waals surface area contributed by atoms with Crippen molar-refractivity contribution < 1.29 is 13.6 Å². The van der Waals surface area contributed by atoms with E-state index in [1.165, 1.54) is 12.1 Å². The second-order valence-corrected chi connectivity index (χ2v) is 4.29. The minimum absolute atomic E-state index is 0.316. The van der Waals surface area contributed by atoms with Crippen molar-refractivity contribution in [3.05, 3.63) is 65.2 Å². The molecule has 0 unspecified atom stereocenters. The Kier molecular flexibility index (Phi) is 4.42. The molecule has 0 aliphatic rings. The van der Waals surface area contributed by atoms with Gasteiger partial charge >= 0.3 is 0 Å². The first-order valence-electron chi connectivity index (χ1n) is 6.10. The SMILES string of the molecule is CNCc1cccc(NC(=O)c2cccc(F)c2F)c1. The van der Waals surface area contributed by atoms with Gasteiger partial charge in [-0.15, -0.1) is 0 Å². The van der Waals surface area contributed by atoms with Crippen LogP contribution in [0.15, 0.2) is 42.5 Å². The Morgan fingerprint density at radius 2 is 1.90 bits per heavy atom. The molecule has 0 spiro atoms. The van der Waals surface area contributed by atoms with Crippen LogP contribution in [-0.2, 0) is 6.54 Å². The Bertz CT molecular complexity index is 629. The molecule has 0 saturated heterocycles. The summed E-state index contributed by atoms with van der Waals surface area (Å²) in [5, 5.41) is 5.54. The van der Waals surface area contributed by atoms with E-state index in [-0.39, 0.29) is 5.56 Å². The van der Waals surface area contributed by atoms with Crippen molar-refractivity contribution in [1.82, 2.24) is 5.32 Å². The van der Waals surface area contributed by atoms with Crippen molar-refractivity contribution in [3.63, 3.8) is 0 Å². The third-order valence-electron chi connectivity index (χ3n) is 2.76. The van der Waals surface area contributed by atoms with Gasteiger partial charge in [0.15, 0.2) is 11.6 Å². The fraction of sp³-hybridized carbons (Fsp3) is 0.133. The summed E-state index contributed by atoms with van der Waals surface area (Å²) < 4.78 is 26.6. The molecule has 2 rings (SSSR count). The third-order valence-corrected chi connectivity index (χ3v) is 2.76. The molecule has 0 aliphatic heterocycles. The normalized spacial score (nSPS) is 10.3. The number of carbonyl (C=O) groups is 1. The van der Waals surface area contributed by atoms with Crippen LogP contribution in [0.3, 0.4) is 0 Å². The molecule has 5 heteroatoms. The van der Waals surface area contributed by atoms with Crippen molar-refractivity contribution in [3.8, 4) is 0 Å². The van der Waals surface area contributed by atoms with E-state index in [4.69, 9.17) is 0 Å². The highest BCUT2D eigenvalue weighted by Crippen LogP contribution is 2.15. The molecule has 104 valence electrons. The Morgan fingerprint density at radius 3 is 2.65 bits per heavy atom. The van der Waals surface area contributed by atoms with Gasteiger partial charge in [-0.3, -0.25) is 4.79 Å². The molecule has 3 nitrogen and oxygen atoms in total. The Labute approximate surface area is 115 Å². The highest BCUT2D eigenvalue weighted by atomic mass is 19.2. The second kappa shape index (κ2) is 6.25. The molecule has 0 heterocycles. The monoisotopic (exact) mass is 276 g/mol. The molecule has 0 saturated carbocycles. The maximum absolute atomic E-state index is 13.5. The van der Waals surface area contributed by atoms with Gasteiger partial charge in [-0.05, 0) is 36.9 Å². The van der Waals surface area contributed by atoms with Gasteiger partial charge < -0.3 is 10.6 Å². The summed E-state index contributed by atoms with van der Waals surface area (Å²) in [5.74, 6) is -2.86. The smallest absolute Gasteiger partial charge is 0.258 e. The van der Waals surface area contributed by atoms with E-state index in [2.05, 4.69) is 10.6 Å². The summed E-state index contributed by atoms with van der Waals surface area (Å²) in [7, 11) is 1.81. The summed E-state index contributed by atoms with van der Waals surface area (Å²) in [5.41, 5.74) is 1.19. The van der Waals surface area contributed by atoms with Gasteiger partial charge in [0.25, 0.3) is 5.91 Å². The van der Waals surface area contributed by atoms with Gasteiger partial charge in [0.2, 0.25) is 0 Å². The molecule has 1 amide bonds. The topological polar surface area (TPSA) is 41.1 Å². The van der Waals surface area contributed by atoms with Gasteiger partial charge in [0.1, 0.15) is 0 Å². The number of benzene rings is 2. The number of carbonyl (C=O) groups excluding carboxylic acids is 1. The molecule has 2 aromatic rings. The summed E-state index contributed by atoms with van der Waals surface area (Å²) in [6, 6.07) is 10.6. The molecule has 2 N–H and O–H groups in total. The van der Waals surface area contributed by atoms with E-state index in [1.807, 2.05) is 13.1 Å². The maximum Gasteiger partial charge on any atom is 0.258 e. The lowest BCUT2D eigenvalue weighted by molar-refractivity contribution is 0.102. The van der Waals surface area contributed by atoms with Crippen LogP contribution in [0.25, 0.3) is 0 Å². The molecular formula is C15H14F2N2O. The molecule has 0 bridgehead atoms. The lowest BCUT2D eigenvalue weighted by Gasteiger charge is -2.08. The molecule has 0 aromatic heterocycles. The fourth-order valence-corrected chi connectivity index (χ4v) is 1.84. The van der Waals surface area contributed by atoms with E-state index in [1.54, 1.807) is 18.2 Å². The first-order valence-corrected chi connectivity index (χ1v) is 6.10. The number of hydrogen-bond donors (Lipinski definition) is 2. The quantitative estimate of drug-likeness (QED) is 0.901. The minimum Gasteiger partial charge on any atom is -0.322 e. The summed E-state index contributed by atoms with van der Waals surface area (Å²) in [6.45, 7) is 0.651. The number of halogens is 2. The largest absolute Gasteiger partial charge is 0.322 e. The van der Waals surface area contributed by atoms with Crippen LogP contribution in [0.1, 0.15) is 15.9 Å². The van der Waals surface area contributed by atoms with Crippen LogP contribution in [0.5, 0.6) is 0 Å². The van der Waals surface area contributed by atoms with Gasteiger partial charge in [0.05, 0.1) is 5.56 Å². The summed E-state index contributed by atoms with van der Waals surface area (Å²) in [4.78, 5) is 11.9. The third kappa shape index (κ3) is 3.19. The average Bonchev–Trinajstić information content (AvgIpc) is 2.42. The summed E-state index contributed by atoms with van der Waals surface area (Å²) in [6.07, 6.45) is 0. The molecule has 0 fully saturated rings. The van der Waals surface area contributed by atoms with Crippen LogP contribution in [0.2, 0.25) is 0 Å². The van der Waals surface area contributed by atoms with E-state index in [0.29, 0.717) is 12.2 Å². The number of anilines is 1. The number of nitrogens with one attached hydrogen (secondary N) is 2. The van der Waals surface area contributed by atoms with E-state index in [9.17, 15) is 13.6 Å². The first-order chi connectivity index (χ1) is 9.61. The minimum atomic E-state index is -1.14. The molecule has 2 aromatic carbocycles. The number of rotatable bonds is 4. The Balaban J connectivity index is 2.19. The lowest BCUT2D eigenvalue weighted by atomic mass is 10.1. The Morgan fingerprint density at radius 1 is 1.15 bits per heavy atom. The average molecular weight is 276 g/mol. The van der Waals surface area contributed by atoms with Crippen LogP contribution in [0.4, 0.5) is 14.5 Å². The predicted octanol–water partition coefficient (Wildman–Crippen LogP) is 2.94. The molecule has 20 heavy (non-hydrogen) atoms. The van der Waals surface area contributed by atoms with Gasteiger partial charge in [0, 0.05) is 12.2 Å². The van der Waals surface area contributed by atoms with Crippen LogP contribution in [-0.4, -0.2) is 13.0 Å². The lowest BCUT2D eigenvalue weighted by Crippen LogP contribution is -2.15. The van der Waals surface area contributed by atoms with Gasteiger partial charge in [-0.1, -0.05) is 18.2 Å². The van der Waals surface area contributed by atoms with Crippen molar-refractivity contribution in [2.45, 2.75) is 6.54 Å². The maximum atomic E-state index is 13.5. The zero-order chi connectivity index (χ0) is 14.5. The number of hydrogen-bond acceptors (Lipinski definition) is 2. The highest BCUT2D eigenvalue weighted by Gasteiger charge is 2.15. The zero-order valence-electron chi connectivity index (χ0n) is 10.9. The molecular weight excluding hydrogens is 262 g/mol. The van der Waals surface area contributed by atoms with E-state index >= 15 is 0 Å². The first kappa shape index (κ1) is 14.1.